The van der Waals surface area contributed by atoms with Crippen molar-refractivity contribution in [3.63, 3.8) is 0 Å². The number of hydrogen-bond acceptors (Lipinski definition) is 2. The standard InChI is InChI=1S/C8H18F2N2/c1-3-6(4-2)5-7(12-11)8(9)10/h6-8,12H,3-5,11H2,1-2H3. The van der Waals surface area contributed by atoms with E-state index in [4.69, 9.17) is 5.84 Å². The van der Waals surface area contributed by atoms with Crippen molar-refractivity contribution < 1.29 is 8.78 Å². The van der Waals surface area contributed by atoms with Gasteiger partial charge in [0.25, 0.3) is 6.43 Å². The smallest absolute Gasteiger partial charge is 0.255 e. The summed E-state index contributed by atoms with van der Waals surface area (Å²) in [5.74, 6) is 5.35. The van der Waals surface area contributed by atoms with E-state index in [0.717, 1.165) is 12.8 Å². The van der Waals surface area contributed by atoms with Crippen LogP contribution in [0.15, 0.2) is 0 Å². The van der Waals surface area contributed by atoms with Gasteiger partial charge in [-0.25, -0.2) is 8.78 Å². The largest absolute Gasteiger partial charge is 0.271 e. The molecule has 0 saturated heterocycles. The van der Waals surface area contributed by atoms with E-state index in [2.05, 4.69) is 5.43 Å². The normalized spacial score (nSPS) is 14.2. The highest BCUT2D eigenvalue weighted by Crippen LogP contribution is 2.17. The van der Waals surface area contributed by atoms with Crippen LogP contribution in [-0.4, -0.2) is 12.5 Å². The summed E-state index contributed by atoms with van der Waals surface area (Å²) in [7, 11) is 0. The van der Waals surface area contributed by atoms with Crippen LogP contribution in [0.25, 0.3) is 0 Å². The van der Waals surface area contributed by atoms with Gasteiger partial charge in [-0.3, -0.25) is 11.3 Å². The zero-order valence-electron chi connectivity index (χ0n) is 7.69. The topological polar surface area (TPSA) is 38.0 Å². The first-order valence-corrected chi connectivity index (χ1v) is 4.39. The lowest BCUT2D eigenvalue weighted by molar-refractivity contribution is 0.0847. The second-order valence-electron chi connectivity index (χ2n) is 3.03. The Morgan fingerprint density at radius 3 is 2.00 bits per heavy atom. The molecule has 0 aliphatic rings. The number of hydrazine groups is 1. The van der Waals surface area contributed by atoms with Crippen LogP contribution in [0.2, 0.25) is 0 Å². The van der Waals surface area contributed by atoms with Crippen LogP contribution in [0.5, 0.6) is 0 Å². The minimum Gasteiger partial charge on any atom is -0.271 e. The van der Waals surface area contributed by atoms with Gasteiger partial charge < -0.3 is 0 Å². The van der Waals surface area contributed by atoms with E-state index in [9.17, 15) is 8.78 Å². The van der Waals surface area contributed by atoms with Crippen molar-refractivity contribution >= 4 is 0 Å². The SMILES string of the molecule is CCC(CC)CC(NN)C(F)F. The molecule has 2 nitrogen and oxygen atoms in total. The molecule has 1 unspecified atom stereocenters. The molecule has 0 saturated carbocycles. The molecule has 1 atom stereocenters. The van der Waals surface area contributed by atoms with Crippen molar-refractivity contribution in [2.75, 3.05) is 0 Å². The molecule has 0 fully saturated rings. The fraction of sp³-hybridized carbons (Fsp3) is 1.00. The van der Waals surface area contributed by atoms with E-state index in [1.165, 1.54) is 0 Å². The summed E-state index contributed by atoms with van der Waals surface area (Å²) < 4.78 is 24.4. The molecule has 0 aliphatic heterocycles. The molecule has 0 amide bonds. The lowest BCUT2D eigenvalue weighted by atomic mass is 9.95. The zero-order valence-corrected chi connectivity index (χ0v) is 7.69. The third kappa shape index (κ3) is 3.97. The maximum absolute atomic E-state index is 12.2. The molecular formula is C8H18F2N2. The lowest BCUT2D eigenvalue weighted by Crippen LogP contribution is -2.41. The van der Waals surface area contributed by atoms with Crippen molar-refractivity contribution in [2.24, 2.45) is 11.8 Å². The van der Waals surface area contributed by atoms with E-state index in [-0.39, 0.29) is 0 Å². The molecule has 3 N–H and O–H groups in total. The molecule has 0 spiro atoms. The van der Waals surface area contributed by atoms with Crippen molar-refractivity contribution in [3.8, 4) is 0 Å². The predicted molar refractivity (Wildman–Crippen MR) is 45.8 cm³/mol. The summed E-state index contributed by atoms with van der Waals surface area (Å²) >= 11 is 0. The van der Waals surface area contributed by atoms with Gasteiger partial charge >= 0.3 is 0 Å². The number of nitrogens with two attached hydrogens (primary N) is 1. The Bertz CT molecular complexity index is 105. The molecule has 0 radical (unpaired) electrons. The molecule has 0 aromatic carbocycles. The van der Waals surface area contributed by atoms with Gasteiger partial charge in [0.2, 0.25) is 0 Å². The molecule has 12 heavy (non-hydrogen) atoms. The average Bonchev–Trinajstić information content (AvgIpc) is 2.06. The van der Waals surface area contributed by atoms with Gasteiger partial charge in [0.15, 0.2) is 0 Å². The van der Waals surface area contributed by atoms with Crippen molar-refractivity contribution in [2.45, 2.75) is 45.6 Å². The van der Waals surface area contributed by atoms with Gasteiger partial charge in [0.1, 0.15) is 0 Å². The quantitative estimate of drug-likeness (QED) is 0.484. The van der Waals surface area contributed by atoms with E-state index in [1.807, 2.05) is 13.8 Å². The fourth-order valence-electron chi connectivity index (χ4n) is 1.22. The van der Waals surface area contributed by atoms with Crippen LogP contribution < -0.4 is 11.3 Å². The van der Waals surface area contributed by atoms with Crippen molar-refractivity contribution in [3.05, 3.63) is 0 Å². The fourth-order valence-corrected chi connectivity index (χ4v) is 1.22. The Hall–Kier alpha value is -0.220. The molecule has 0 bridgehead atoms. The number of halogens is 2. The minimum atomic E-state index is -2.37. The Morgan fingerprint density at radius 1 is 1.25 bits per heavy atom. The highest BCUT2D eigenvalue weighted by atomic mass is 19.3. The summed E-state index contributed by atoms with van der Waals surface area (Å²) in [6.07, 6.45) is -0.0418. The second-order valence-corrected chi connectivity index (χ2v) is 3.03. The summed E-state index contributed by atoms with van der Waals surface area (Å²) in [6, 6.07) is -0.852. The second kappa shape index (κ2) is 6.31. The third-order valence-electron chi connectivity index (χ3n) is 2.26. The van der Waals surface area contributed by atoms with Gasteiger partial charge in [0.05, 0.1) is 6.04 Å². The average molecular weight is 180 g/mol. The molecule has 0 aliphatic carbocycles. The van der Waals surface area contributed by atoms with Crippen LogP contribution in [0, 0.1) is 5.92 Å². The van der Waals surface area contributed by atoms with Crippen LogP contribution in [-0.2, 0) is 0 Å². The number of alkyl halides is 2. The first-order valence-electron chi connectivity index (χ1n) is 4.39. The summed E-state index contributed by atoms with van der Waals surface area (Å²) in [5, 5.41) is 0. The highest BCUT2D eigenvalue weighted by molar-refractivity contribution is 4.70. The van der Waals surface area contributed by atoms with Crippen molar-refractivity contribution in [1.29, 1.82) is 0 Å². The van der Waals surface area contributed by atoms with Gasteiger partial charge in [-0.15, -0.1) is 0 Å². The van der Waals surface area contributed by atoms with Crippen LogP contribution in [0.3, 0.4) is 0 Å². The Labute approximate surface area is 72.5 Å². The summed E-state index contributed by atoms with van der Waals surface area (Å²) in [5.41, 5.74) is 2.15. The van der Waals surface area contributed by atoms with Crippen LogP contribution >= 0.6 is 0 Å². The molecule has 0 aromatic rings. The van der Waals surface area contributed by atoms with E-state index in [0.29, 0.717) is 12.3 Å². The van der Waals surface area contributed by atoms with Gasteiger partial charge in [-0.05, 0) is 12.3 Å². The van der Waals surface area contributed by atoms with Crippen molar-refractivity contribution in [1.82, 2.24) is 5.43 Å². The van der Waals surface area contributed by atoms with Crippen LogP contribution in [0.4, 0.5) is 8.78 Å². The van der Waals surface area contributed by atoms with E-state index in [1.54, 1.807) is 0 Å². The van der Waals surface area contributed by atoms with Crippen LogP contribution in [0.1, 0.15) is 33.1 Å². The number of nitrogens with one attached hydrogen (secondary N) is 1. The molecule has 0 rings (SSSR count). The third-order valence-corrected chi connectivity index (χ3v) is 2.26. The molecule has 0 aromatic heterocycles. The molecule has 4 heteroatoms. The first-order chi connectivity index (χ1) is 5.65. The van der Waals surface area contributed by atoms with Gasteiger partial charge in [-0.2, -0.15) is 0 Å². The molecule has 0 heterocycles. The minimum absolute atomic E-state index is 0.347. The van der Waals surface area contributed by atoms with E-state index < -0.39 is 12.5 Å². The maximum Gasteiger partial charge on any atom is 0.255 e. The Balaban J connectivity index is 3.82. The number of rotatable bonds is 6. The lowest BCUT2D eigenvalue weighted by Gasteiger charge is -2.20. The maximum atomic E-state index is 12.2. The highest BCUT2D eigenvalue weighted by Gasteiger charge is 2.21. The Morgan fingerprint density at radius 2 is 1.75 bits per heavy atom. The van der Waals surface area contributed by atoms with E-state index >= 15 is 0 Å². The van der Waals surface area contributed by atoms with Gasteiger partial charge in [0, 0.05) is 0 Å². The molecule has 74 valence electrons. The van der Waals surface area contributed by atoms with Gasteiger partial charge in [-0.1, -0.05) is 26.7 Å². The first kappa shape index (κ1) is 11.8. The summed E-state index contributed by atoms with van der Waals surface area (Å²) in [6.45, 7) is 4.01. The number of hydrogen-bond donors (Lipinski definition) is 2. The molecular weight excluding hydrogens is 162 g/mol. The zero-order chi connectivity index (χ0) is 9.56. The Kier molecular flexibility index (Phi) is 6.20. The predicted octanol–water partition coefficient (Wildman–Crippen LogP) is 1.91. The summed E-state index contributed by atoms with van der Waals surface area (Å²) in [4.78, 5) is 0. The monoisotopic (exact) mass is 180 g/mol.